The van der Waals surface area contributed by atoms with Crippen molar-refractivity contribution < 1.29 is 9.90 Å². The summed E-state index contributed by atoms with van der Waals surface area (Å²) in [6.07, 6.45) is 2.72. The third kappa shape index (κ3) is 2.31. The Labute approximate surface area is 126 Å². The van der Waals surface area contributed by atoms with E-state index in [9.17, 15) is 9.90 Å². The minimum atomic E-state index is -0.698. The van der Waals surface area contributed by atoms with Gasteiger partial charge in [0.1, 0.15) is 0 Å². The summed E-state index contributed by atoms with van der Waals surface area (Å²) in [6, 6.07) is 5.67. The molecule has 3 rings (SSSR count). The van der Waals surface area contributed by atoms with Gasteiger partial charge in [-0.25, -0.2) is 4.98 Å². The number of carbonyl (C=O) groups is 1. The zero-order valence-corrected chi connectivity index (χ0v) is 12.7. The van der Waals surface area contributed by atoms with Crippen LogP contribution in [0.25, 0.3) is 10.2 Å². The van der Waals surface area contributed by atoms with Crippen molar-refractivity contribution in [2.24, 2.45) is 11.8 Å². The van der Waals surface area contributed by atoms with Crippen molar-refractivity contribution in [3.05, 3.63) is 28.2 Å². The summed E-state index contributed by atoms with van der Waals surface area (Å²) >= 11 is 7.73. The van der Waals surface area contributed by atoms with Crippen molar-refractivity contribution >= 4 is 39.1 Å². The van der Waals surface area contributed by atoms with Gasteiger partial charge in [0.15, 0.2) is 0 Å². The van der Waals surface area contributed by atoms with Gasteiger partial charge in [-0.1, -0.05) is 31.0 Å². The van der Waals surface area contributed by atoms with Gasteiger partial charge >= 0.3 is 5.97 Å². The average Bonchev–Trinajstić information content (AvgIpc) is 3.02. The molecule has 1 fully saturated rings. The Balaban J connectivity index is 2.00. The lowest BCUT2D eigenvalue weighted by Gasteiger charge is -2.11. The number of benzene rings is 1. The summed E-state index contributed by atoms with van der Waals surface area (Å²) in [6.45, 7) is 2.13. The number of fused-ring (bicyclic) bond motifs is 1. The summed E-state index contributed by atoms with van der Waals surface area (Å²) < 4.78 is 0.966. The maximum atomic E-state index is 11.5. The van der Waals surface area contributed by atoms with E-state index in [1.54, 1.807) is 11.3 Å². The van der Waals surface area contributed by atoms with Crippen molar-refractivity contribution in [1.82, 2.24) is 4.98 Å². The number of thiazole rings is 1. The summed E-state index contributed by atoms with van der Waals surface area (Å²) in [4.78, 5) is 16.1. The van der Waals surface area contributed by atoms with Gasteiger partial charge in [-0.2, -0.15) is 0 Å². The lowest BCUT2D eigenvalue weighted by molar-refractivity contribution is -0.142. The molecule has 5 heteroatoms. The Morgan fingerprint density at radius 2 is 2.30 bits per heavy atom. The number of nitrogens with zero attached hydrogens (tertiary/aromatic N) is 1. The Hall–Kier alpha value is -1.13. The quantitative estimate of drug-likeness (QED) is 0.904. The standard InChI is InChI=1S/C15H16ClNO2S/c1-2-8-6-9(10(7-8)15(18)19)14-17-12-5-3-4-11(16)13(12)20-14/h3-5,8-10H,2,6-7H2,1H3,(H,18,19). The van der Waals surface area contributed by atoms with Crippen LogP contribution in [0, 0.1) is 11.8 Å². The minimum absolute atomic E-state index is 0.0333. The summed E-state index contributed by atoms with van der Waals surface area (Å²) in [5.74, 6) is -0.481. The molecule has 3 atom stereocenters. The van der Waals surface area contributed by atoms with Crippen LogP contribution in [0.5, 0.6) is 0 Å². The summed E-state index contributed by atoms with van der Waals surface area (Å²) in [7, 11) is 0. The fraction of sp³-hybridized carbons (Fsp3) is 0.467. The highest BCUT2D eigenvalue weighted by Gasteiger charge is 2.40. The fourth-order valence-electron chi connectivity index (χ4n) is 3.11. The number of carboxylic acid groups (broad SMARTS) is 1. The Morgan fingerprint density at radius 1 is 1.50 bits per heavy atom. The van der Waals surface area contributed by atoms with Crippen LogP contribution < -0.4 is 0 Å². The van der Waals surface area contributed by atoms with Crippen LogP contribution in [0.15, 0.2) is 18.2 Å². The highest BCUT2D eigenvalue weighted by atomic mass is 35.5. The summed E-state index contributed by atoms with van der Waals surface area (Å²) in [5, 5.41) is 11.1. The van der Waals surface area contributed by atoms with E-state index in [0.29, 0.717) is 10.9 Å². The van der Waals surface area contributed by atoms with E-state index in [-0.39, 0.29) is 11.8 Å². The maximum absolute atomic E-state index is 11.5. The first-order valence-electron chi connectivity index (χ1n) is 6.88. The second-order valence-electron chi connectivity index (χ2n) is 5.44. The van der Waals surface area contributed by atoms with Crippen LogP contribution in [-0.2, 0) is 4.79 Å². The van der Waals surface area contributed by atoms with Gasteiger partial charge in [0.2, 0.25) is 0 Å². The molecule has 1 aliphatic rings. The monoisotopic (exact) mass is 309 g/mol. The number of carboxylic acids is 1. The number of hydrogen-bond donors (Lipinski definition) is 1. The van der Waals surface area contributed by atoms with E-state index in [0.717, 1.165) is 34.5 Å². The highest BCUT2D eigenvalue weighted by Crippen LogP contribution is 2.46. The van der Waals surface area contributed by atoms with Gasteiger partial charge in [0.25, 0.3) is 0 Å². The molecule has 0 aliphatic heterocycles. The Kier molecular flexibility index (Phi) is 3.69. The zero-order chi connectivity index (χ0) is 14.3. The molecular formula is C15H16ClNO2S. The molecule has 0 saturated heterocycles. The molecular weight excluding hydrogens is 294 g/mol. The average molecular weight is 310 g/mol. The number of halogens is 1. The number of hydrogen-bond acceptors (Lipinski definition) is 3. The Morgan fingerprint density at radius 3 is 2.95 bits per heavy atom. The van der Waals surface area contributed by atoms with Crippen LogP contribution in [0.2, 0.25) is 5.02 Å². The molecule has 0 bridgehead atoms. The van der Waals surface area contributed by atoms with Gasteiger partial charge in [-0.3, -0.25) is 4.79 Å². The minimum Gasteiger partial charge on any atom is -0.481 e. The molecule has 2 aromatic rings. The van der Waals surface area contributed by atoms with Crippen LogP contribution in [0.4, 0.5) is 0 Å². The van der Waals surface area contributed by atoms with E-state index in [1.165, 1.54) is 0 Å². The molecule has 20 heavy (non-hydrogen) atoms. The van der Waals surface area contributed by atoms with Gasteiger partial charge in [0, 0.05) is 5.92 Å². The third-order valence-corrected chi connectivity index (χ3v) is 5.92. The van der Waals surface area contributed by atoms with Crippen LogP contribution >= 0.6 is 22.9 Å². The summed E-state index contributed by atoms with van der Waals surface area (Å²) in [5.41, 5.74) is 0.876. The van der Waals surface area contributed by atoms with E-state index in [4.69, 9.17) is 11.6 Å². The molecule has 0 spiro atoms. The normalized spacial score (nSPS) is 26.2. The second kappa shape index (κ2) is 5.34. The van der Waals surface area contributed by atoms with Gasteiger partial charge in [-0.15, -0.1) is 11.3 Å². The molecule has 1 saturated carbocycles. The number of rotatable bonds is 3. The third-order valence-electron chi connectivity index (χ3n) is 4.26. The van der Waals surface area contributed by atoms with Gasteiger partial charge in [-0.05, 0) is 30.9 Å². The topological polar surface area (TPSA) is 50.2 Å². The lowest BCUT2D eigenvalue weighted by atomic mass is 9.97. The highest BCUT2D eigenvalue weighted by molar-refractivity contribution is 7.19. The van der Waals surface area contributed by atoms with Gasteiger partial charge < -0.3 is 5.11 Å². The largest absolute Gasteiger partial charge is 0.481 e. The predicted octanol–water partition coefficient (Wildman–Crippen LogP) is 4.55. The van der Waals surface area contributed by atoms with Crippen LogP contribution in [0.3, 0.4) is 0 Å². The molecule has 1 aliphatic carbocycles. The SMILES string of the molecule is CCC1CC(C(=O)O)C(c2nc3cccc(Cl)c3s2)C1. The van der Waals surface area contributed by atoms with Crippen LogP contribution in [0.1, 0.15) is 37.1 Å². The van der Waals surface area contributed by atoms with Crippen molar-refractivity contribution in [2.75, 3.05) is 0 Å². The van der Waals surface area contributed by atoms with Crippen molar-refractivity contribution in [1.29, 1.82) is 0 Å². The number of aromatic nitrogens is 1. The number of aliphatic carboxylic acids is 1. The molecule has 1 aromatic carbocycles. The maximum Gasteiger partial charge on any atom is 0.307 e. The molecule has 1 heterocycles. The first-order valence-corrected chi connectivity index (χ1v) is 8.07. The second-order valence-corrected chi connectivity index (χ2v) is 6.87. The molecule has 1 aromatic heterocycles. The van der Waals surface area contributed by atoms with E-state index in [1.807, 2.05) is 18.2 Å². The smallest absolute Gasteiger partial charge is 0.307 e. The molecule has 0 amide bonds. The molecule has 106 valence electrons. The Bertz CT molecular complexity index is 654. The molecule has 3 nitrogen and oxygen atoms in total. The first kappa shape index (κ1) is 13.8. The van der Waals surface area contributed by atoms with Crippen molar-refractivity contribution in [2.45, 2.75) is 32.1 Å². The molecule has 3 unspecified atom stereocenters. The van der Waals surface area contributed by atoms with Gasteiger partial charge in [0.05, 0.1) is 26.2 Å². The molecule has 0 radical (unpaired) electrons. The van der Waals surface area contributed by atoms with E-state index < -0.39 is 5.97 Å². The van der Waals surface area contributed by atoms with E-state index >= 15 is 0 Å². The zero-order valence-electron chi connectivity index (χ0n) is 11.2. The van der Waals surface area contributed by atoms with Crippen LogP contribution in [-0.4, -0.2) is 16.1 Å². The van der Waals surface area contributed by atoms with Crippen molar-refractivity contribution in [3.63, 3.8) is 0 Å². The molecule has 1 N–H and O–H groups in total. The fourth-order valence-corrected chi connectivity index (χ4v) is 4.55. The van der Waals surface area contributed by atoms with Crippen molar-refractivity contribution in [3.8, 4) is 0 Å². The predicted molar refractivity (Wildman–Crippen MR) is 81.5 cm³/mol. The lowest BCUT2D eigenvalue weighted by Crippen LogP contribution is -2.16. The first-order chi connectivity index (χ1) is 9.60. The van der Waals surface area contributed by atoms with E-state index in [2.05, 4.69) is 11.9 Å².